The van der Waals surface area contributed by atoms with Crippen molar-refractivity contribution >= 4 is 5.91 Å². The molecule has 1 amide bonds. The van der Waals surface area contributed by atoms with E-state index in [4.69, 9.17) is 5.26 Å². The van der Waals surface area contributed by atoms with Crippen LogP contribution < -0.4 is 5.32 Å². The summed E-state index contributed by atoms with van der Waals surface area (Å²) in [5.74, 6) is 0.0283. The second kappa shape index (κ2) is 5.72. The van der Waals surface area contributed by atoms with Gasteiger partial charge in [-0.2, -0.15) is 5.26 Å². The van der Waals surface area contributed by atoms with Gasteiger partial charge < -0.3 is 10.2 Å². The zero-order valence-electron chi connectivity index (χ0n) is 9.49. The standard InChI is InChI=1S/C11H19N3O/c1-9(7-12)8-14(2)11(15)5-6-13-10-3-4-10/h9-10,13H,3-6,8H2,1-2H3. The summed E-state index contributed by atoms with van der Waals surface area (Å²) in [5, 5.41) is 11.9. The first kappa shape index (κ1) is 12.0. The van der Waals surface area contributed by atoms with Gasteiger partial charge in [-0.15, -0.1) is 0 Å². The molecular formula is C11H19N3O. The predicted octanol–water partition coefficient (Wildman–Crippen LogP) is 0.747. The fourth-order valence-corrected chi connectivity index (χ4v) is 1.41. The molecule has 0 bridgehead atoms. The Labute approximate surface area is 91.2 Å². The Kier molecular flexibility index (Phi) is 4.57. The van der Waals surface area contributed by atoms with E-state index in [1.165, 1.54) is 12.8 Å². The van der Waals surface area contributed by atoms with Gasteiger partial charge in [0, 0.05) is 32.6 Å². The smallest absolute Gasteiger partial charge is 0.223 e. The van der Waals surface area contributed by atoms with Gasteiger partial charge in [0.2, 0.25) is 5.91 Å². The first-order chi connectivity index (χ1) is 7.13. The molecule has 0 aromatic carbocycles. The number of amides is 1. The third kappa shape index (κ3) is 4.80. The minimum atomic E-state index is -0.0876. The average molecular weight is 209 g/mol. The molecule has 15 heavy (non-hydrogen) atoms. The minimum Gasteiger partial charge on any atom is -0.344 e. The van der Waals surface area contributed by atoms with E-state index in [0.717, 1.165) is 6.54 Å². The zero-order chi connectivity index (χ0) is 11.3. The highest BCUT2D eigenvalue weighted by Crippen LogP contribution is 2.18. The number of carbonyl (C=O) groups is 1. The number of rotatable bonds is 6. The molecule has 0 aromatic rings. The largest absolute Gasteiger partial charge is 0.344 e. The van der Waals surface area contributed by atoms with Gasteiger partial charge in [-0.1, -0.05) is 0 Å². The average Bonchev–Trinajstić information content (AvgIpc) is 3.01. The van der Waals surface area contributed by atoms with Gasteiger partial charge in [0.15, 0.2) is 0 Å². The molecule has 4 heteroatoms. The van der Waals surface area contributed by atoms with Crippen LogP contribution in [0.1, 0.15) is 26.2 Å². The van der Waals surface area contributed by atoms with E-state index < -0.39 is 0 Å². The molecule has 1 atom stereocenters. The first-order valence-electron chi connectivity index (χ1n) is 5.50. The molecule has 0 spiro atoms. The Morgan fingerprint density at radius 3 is 2.87 bits per heavy atom. The van der Waals surface area contributed by atoms with Crippen molar-refractivity contribution in [3.8, 4) is 6.07 Å². The molecule has 0 heterocycles. The Morgan fingerprint density at radius 1 is 1.67 bits per heavy atom. The molecule has 1 aliphatic rings. The molecule has 84 valence electrons. The molecule has 0 aromatic heterocycles. The van der Waals surface area contributed by atoms with E-state index in [2.05, 4.69) is 11.4 Å². The van der Waals surface area contributed by atoms with E-state index in [1.807, 2.05) is 6.92 Å². The summed E-state index contributed by atoms with van der Waals surface area (Å²) in [6.07, 6.45) is 3.02. The van der Waals surface area contributed by atoms with Crippen LogP contribution in [0, 0.1) is 17.2 Å². The predicted molar refractivity (Wildman–Crippen MR) is 58.1 cm³/mol. The molecule has 1 aliphatic carbocycles. The third-order valence-electron chi connectivity index (χ3n) is 2.54. The van der Waals surface area contributed by atoms with Crippen LogP contribution in [0.4, 0.5) is 0 Å². The molecule has 0 saturated heterocycles. The van der Waals surface area contributed by atoms with E-state index in [9.17, 15) is 4.79 Å². The monoisotopic (exact) mass is 209 g/mol. The lowest BCUT2D eigenvalue weighted by Gasteiger charge is -2.18. The number of nitrogens with zero attached hydrogens (tertiary/aromatic N) is 2. The van der Waals surface area contributed by atoms with E-state index >= 15 is 0 Å². The molecule has 0 aliphatic heterocycles. The number of hydrogen-bond acceptors (Lipinski definition) is 3. The lowest BCUT2D eigenvalue weighted by Crippen LogP contribution is -2.33. The maximum atomic E-state index is 11.6. The summed E-state index contributed by atoms with van der Waals surface area (Å²) in [6.45, 7) is 3.11. The minimum absolute atomic E-state index is 0.0876. The van der Waals surface area contributed by atoms with Crippen LogP contribution in [0.25, 0.3) is 0 Å². The van der Waals surface area contributed by atoms with Crippen molar-refractivity contribution in [2.45, 2.75) is 32.2 Å². The van der Waals surface area contributed by atoms with Crippen LogP contribution in [-0.4, -0.2) is 37.0 Å². The van der Waals surface area contributed by atoms with Crippen LogP contribution in [0.15, 0.2) is 0 Å². The zero-order valence-corrected chi connectivity index (χ0v) is 9.49. The van der Waals surface area contributed by atoms with Gasteiger partial charge in [-0.3, -0.25) is 4.79 Å². The maximum absolute atomic E-state index is 11.6. The lowest BCUT2D eigenvalue weighted by atomic mass is 10.2. The van der Waals surface area contributed by atoms with Crippen LogP contribution >= 0.6 is 0 Å². The van der Waals surface area contributed by atoms with E-state index in [-0.39, 0.29) is 11.8 Å². The van der Waals surface area contributed by atoms with Gasteiger partial charge in [0.05, 0.1) is 12.0 Å². The first-order valence-corrected chi connectivity index (χ1v) is 5.50. The Hall–Kier alpha value is -1.08. The molecule has 4 nitrogen and oxygen atoms in total. The van der Waals surface area contributed by atoms with Crippen LogP contribution in [0.3, 0.4) is 0 Å². The lowest BCUT2D eigenvalue weighted by molar-refractivity contribution is -0.130. The van der Waals surface area contributed by atoms with Crippen molar-refractivity contribution < 1.29 is 4.79 Å². The number of carbonyl (C=O) groups excluding carboxylic acids is 1. The Morgan fingerprint density at radius 2 is 2.33 bits per heavy atom. The summed E-state index contributed by atoms with van der Waals surface area (Å²) >= 11 is 0. The van der Waals surface area contributed by atoms with Crippen molar-refractivity contribution in [3.63, 3.8) is 0 Å². The Bertz CT molecular complexity index is 255. The van der Waals surface area contributed by atoms with Gasteiger partial charge in [0.25, 0.3) is 0 Å². The highest BCUT2D eigenvalue weighted by atomic mass is 16.2. The molecule has 1 rings (SSSR count). The molecule has 1 fully saturated rings. The van der Waals surface area contributed by atoms with Crippen LogP contribution in [0.5, 0.6) is 0 Å². The maximum Gasteiger partial charge on any atom is 0.223 e. The topological polar surface area (TPSA) is 56.1 Å². The van der Waals surface area contributed by atoms with E-state index in [0.29, 0.717) is 19.0 Å². The van der Waals surface area contributed by atoms with Crippen molar-refractivity contribution in [1.29, 1.82) is 5.26 Å². The molecule has 0 radical (unpaired) electrons. The summed E-state index contributed by atoms with van der Waals surface area (Å²) in [5.41, 5.74) is 0. The highest BCUT2D eigenvalue weighted by molar-refractivity contribution is 5.76. The van der Waals surface area contributed by atoms with Crippen molar-refractivity contribution in [2.24, 2.45) is 5.92 Å². The summed E-state index contributed by atoms with van der Waals surface area (Å²) in [4.78, 5) is 13.2. The highest BCUT2D eigenvalue weighted by Gasteiger charge is 2.20. The van der Waals surface area contributed by atoms with Crippen molar-refractivity contribution in [2.75, 3.05) is 20.1 Å². The quantitative estimate of drug-likeness (QED) is 0.702. The Balaban J connectivity index is 2.11. The summed E-state index contributed by atoms with van der Waals surface area (Å²) < 4.78 is 0. The molecular weight excluding hydrogens is 190 g/mol. The normalized spacial score (nSPS) is 16.9. The molecule has 1 N–H and O–H groups in total. The van der Waals surface area contributed by atoms with Crippen molar-refractivity contribution in [1.82, 2.24) is 10.2 Å². The third-order valence-corrected chi connectivity index (χ3v) is 2.54. The number of nitriles is 1. The molecule has 1 unspecified atom stereocenters. The van der Waals surface area contributed by atoms with Gasteiger partial charge >= 0.3 is 0 Å². The molecule has 1 saturated carbocycles. The SMILES string of the molecule is CC(C#N)CN(C)C(=O)CCNC1CC1. The second-order valence-corrected chi connectivity index (χ2v) is 4.28. The fraction of sp³-hybridized carbons (Fsp3) is 0.818. The number of nitrogens with one attached hydrogen (secondary N) is 1. The van der Waals surface area contributed by atoms with Gasteiger partial charge in [-0.05, 0) is 19.8 Å². The fourth-order valence-electron chi connectivity index (χ4n) is 1.41. The van der Waals surface area contributed by atoms with Gasteiger partial charge in [-0.25, -0.2) is 0 Å². The second-order valence-electron chi connectivity index (χ2n) is 4.28. The van der Waals surface area contributed by atoms with Crippen LogP contribution in [0.2, 0.25) is 0 Å². The number of hydrogen-bond donors (Lipinski definition) is 1. The van der Waals surface area contributed by atoms with Gasteiger partial charge in [0.1, 0.15) is 0 Å². The summed E-state index contributed by atoms with van der Waals surface area (Å²) in [6, 6.07) is 2.78. The van der Waals surface area contributed by atoms with E-state index in [1.54, 1.807) is 11.9 Å². The summed E-state index contributed by atoms with van der Waals surface area (Å²) in [7, 11) is 1.76. The van der Waals surface area contributed by atoms with Crippen LogP contribution in [-0.2, 0) is 4.79 Å². The van der Waals surface area contributed by atoms with Crippen molar-refractivity contribution in [3.05, 3.63) is 0 Å².